The molecule has 5 heterocycles. The van der Waals surface area contributed by atoms with Gasteiger partial charge in [0.05, 0.1) is 41.5 Å². The van der Waals surface area contributed by atoms with Crippen LogP contribution in [0.1, 0.15) is 42.4 Å². The van der Waals surface area contributed by atoms with Crippen LogP contribution in [0.2, 0.25) is 0 Å². The van der Waals surface area contributed by atoms with Crippen molar-refractivity contribution in [3.8, 4) is 0 Å². The summed E-state index contributed by atoms with van der Waals surface area (Å²) in [7, 11) is 1.92. The van der Waals surface area contributed by atoms with Gasteiger partial charge in [-0.2, -0.15) is 5.10 Å². The molecule has 0 spiro atoms. The average Bonchev–Trinajstić information content (AvgIpc) is 3.44. The Morgan fingerprint density at radius 1 is 1.10 bits per heavy atom. The quantitative estimate of drug-likeness (QED) is 0.510. The highest BCUT2D eigenvalue weighted by Gasteiger charge is 2.23. The SMILES string of the molecule is Cn1cc(C2=CN(c3ccc4c(c3)ncn4C3CCCCO3)Cc3nccnc32)cn1. The van der Waals surface area contributed by atoms with Gasteiger partial charge in [0.15, 0.2) is 0 Å². The summed E-state index contributed by atoms with van der Waals surface area (Å²) in [4.78, 5) is 16.1. The lowest BCUT2D eigenvalue weighted by atomic mass is 10.0. The molecule has 1 aromatic carbocycles. The predicted octanol–water partition coefficient (Wildman–Crippen LogP) is 3.67. The summed E-state index contributed by atoms with van der Waals surface area (Å²) in [5, 5.41) is 4.34. The zero-order valence-electron chi connectivity index (χ0n) is 17.3. The van der Waals surface area contributed by atoms with Crippen molar-refractivity contribution in [1.82, 2.24) is 29.3 Å². The highest BCUT2D eigenvalue weighted by atomic mass is 16.5. The van der Waals surface area contributed by atoms with E-state index in [0.29, 0.717) is 6.54 Å². The molecule has 2 aliphatic rings. The third-order valence-corrected chi connectivity index (χ3v) is 6.01. The van der Waals surface area contributed by atoms with Gasteiger partial charge in [0.1, 0.15) is 6.23 Å². The standard InChI is InChI=1S/C23H23N7O/c1-28-12-16(11-27-28)18-13-29(14-20-23(18)25-8-7-24-20)17-5-6-21-19(10-17)26-15-30(21)22-4-2-3-9-31-22/h5-8,10-13,15,22H,2-4,9,14H2,1H3. The fourth-order valence-electron chi connectivity index (χ4n) is 4.44. The Bertz CT molecular complexity index is 1280. The minimum atomic E-state index is 0.0822. The summed E-state index contributed by atoms with van der Waals surface area (Å²) in [6.45, 7) is 1.48. The van der Waals surface area contributed by atoms with E-state index in [1.54, 1.807) is 17.1 Å². The Balaban J connectivity index is 1.39. The fraction of sp³-hybridized carbons (Fsp3) is 0.304. The number of aryl methyl sites for hydroxylation is 1. The molecule has 156 valence electrons. The normalized spacial score (nSPS) is 18.8. The van der Waals surface area contributed by atoms with Crippen molar-refractivity contribution >= 4 is 22.3 Å². The number of ether oxygens (including phenoxy) is 1. The number of hydrogen-bond acceptors (Lipinski definition) is 6. The van der Waals surface area contributed by atoms with Crippen LogP contribution in [0, 0.1) is 0 Å². The molecular weight excluding hydrogens is 390 g/mol. The summed E-state index contributed by atoms with van der Waals surface area (Å²) in [6, 6.07) is 6.41. The predicted molar refractivity (Wildman–Crippen MR) is 117 cm³/mol. The van der Waals surface area contributed by atoms with Crippen LogP contribution in [-0.4, -0.2) is 35.9 Å². The van der Waals surface area contributed by atoms with E-state index in [4.69, 9.17) is 4.74 Å². The van der Waals surface area contributed by atoms with E-state index in [1.807, 2.05) is 25.8 Å². The summed E-state index contributed by atoms with van der Waals surface area (Å²) in [5.41, 5.74) is 7.03. The van der Waals surface area contributed by atoms with Gasteiger partial charge in [-0.05, 0) is 37.5 Å². The van der Waals surface area contributed by atoms with E-state index in [1.165, 1.54) is 6.42 Å². The lowest BCUT2D eigenvalue weighted by Gasteiger charge is -2.27. The molecule has 0 bridgehead atoms. The molecule has 6 rings (SSSR count). The van der Waals surface area contributed by atoms with Crippen LogP contribution in [0.15, 0.2) is 55.5 Å². The number of imidazole rings is 1. The Kier molecular flexibility index (Phi) is 4.31. The van der Waals surface area contributed by atoms with Gasteiger partial charge in [0.2, 0.25) is 0 Å². The zero-order chi connectivity index (χ0) is 20.8. The van der Waals surface area contributed by atoms with Gasteiger partial charge in [-0.1, -0.05) is 0 Å². The molecule has 4 aromatic rings. The first kappa shape index (κ1) is 18.3. The molecule has 8 nitrogen and oxygen atoms in total. The summed E-state index contributed by atoms with van der Waals surface area (Å²) in [6.07, 6.45) is 14.8. The Morgan fingerprint density at radius 3 is 2.87 bits per heavy atom. The Labute approximate surface area is 179 Å². The molecule has 0 amide bonds. The number of benzene rings is 1. The summed E-state index contributed by atoms with van der Waals surface area (Å²) < 4.78 is 9.92. The van der Waals surface area contributed by atoms with E-state index >= 15 is 0 Å². The Morgan fingerprint density at radius 2 is 2.03 bits per heavy atom. The molecule has 2 aliphatic heterocycles. The number of nitrogens with zero attached hydrogens (tertiary/aromatic N) is 7. The van der Waals surface area contributed by atoms with Crippen molar-refractivity contribution in [3.05, 3.63) is 72.5 Å². The van der Waals surface area contributed by atoms with E-state index in [0.717, 1.165) is 58.7 Å². The van der Waals surface area contributed by atoms with Crippen LogP contribution >= 0.6 is 0 Å². The van der Waals surface area contributed by atoms with Crippen LogP contribution in [0.5, 0.6) is 0 Å². The first-order valence-corrected chi connectivity index (χ1v) is 10.6. The van der Waals surface area contributed by atoms with Gasteiger partial charge in [0.25, 0.3) is 0 Å². The van der Waals surface area contributed by atoms with Crippen molar-refractivity contribution in [1.29, 1.82) is 0 Å². The van der Waals surface area contributed by atoms with Crippen LogP contribution < -0.4 is 4.90 Å². The highest BCUT2D eigenvalue weighted by Crippen LogP contribution is 2.34. The largest absolute Gasteiger partial charge is 0.358 e. The maximum absolute atomic E-state index is 5.96. The molecule has 1 fully saturated rings. The van der Waals surface area contributed by atoms with Crippen LogP contribution in [0.4, 0.5) is 5.69 Å². The molecule has 8 heteroatoms. The summed E-state index contributed by atoms with van der Waals surface area (Å²) in [5.74, 6) is 0. The first-order valence-electron chi connectivity index (χ1n) is 10.6. The second kappa shape index (κ2) is 7.31. The molecule has 1 atom stereocenters. The molecule has 1 unspecified atom stereocenters. The number of rotatable bonds is 3. The van der Waals surface area contributed by atoms with E-state index in [2.05, 4.69) is 53.9 Å². The molecule has 0 aliphatic carbocycles. The van der Waals surface area contributed by atoms with Crippen LogP contribution in [0.3, 0.4) is 0 Å². The molecule has 1 saturated heterocycles. The van der Waals surface area contributed by atoms with Gasteiger partial charge >= 0.3 is 0 Å². The molecule has 3 aromatic heterocycles. The molecule has 31 heavy (non-hydrogen) atoms. The van der Waals surface area contributed by atoms with Crippen molar-refractivity contribution in [2.45, 2.75) is 32.0 Å². The minimum Gasteiger partial charge on any atom is -0.358 e. The zero-order valence-corrected chi connectivity index (χ0v) is 17.3. The second-order valence-corrected chi connectivity index (χ2v) is 8.07. The average molecular weight is 413 g/mol. The Hall–Kier alpha value is -3.52. The number of hydrogen-bond donors (Lipinski definition) is 0. The van der Waals surface area contributed by atoms with E-state index < -0.39 is 0 Å². The third-order valence-electron chi connectivity index (χ3n) is 6.01. The molecule has 0 saturated carbocycles. The lowest BCUT2D eigenvalue weighted by molar-refractivity contribution is -0.0295. The van der Waals surface area contributed by atoms with Crippen molar-refractivity contribution in [2.75, 3.05) is 11.5 Å². The van der Waals surface area contributed by atoms with Crippen LogP contribution in [0.25, 0.3) is 16.6 Å². The fourth-order valence-corrected chi connectivity index (χ4v) is 4.44. The first-order chi connectivity index (χ1) is 15.3. The minimum absolute atomic E-state index is 0.0822. The van der Waals surface area contributed by atoms with Gasteiger partial charge in [-0.3, -0.25) is 14.6 Å². The van der Waals surface area contributed by atoms with Gasteiger partial charge in [0, 0.05) is 55.3 Å². The smallest absolute Gasteiger partial charge is 0.135 e. The number of fused-ring (bicyclic) bond motifs is 2. The third kappa shape index (κ3) is 3.19. The highest BCUT2D eigenvalue weighted by molar-refractivity contribution is 5.85. The maximum atomic E-state index is 5.96. The summed E-state index contributed by atoms with van der Waals surface area (Å²) >= 11 is 0. The molecule has 0 N–H and O–H groups in total. The number of anilines is 1. The molecular formula is C23H23N7O. The lowest BCUT2D eigenvalue weighted by Crippen LogP contribution is -2.23. The van der Waals surface area contributed by atoms with Crippen LogP contribution in [-0.2, 0) is 18.3 Å². The van der Waals surface area contributed by atoms with E-state index in [-0.39, 0.29) is 6.23 Å². The van der Waals surface area contributed by atoms with Crippen molar-refractivity contribution < 1.29 is 4.74 Å². The maximum Gasteiger partial charge on any atom is 0.135 e. The topological polar surface area (TPSA) is 73.9 Å². The monoisotopic (exact) mass is 413 g/mol. The number of aromatic nitrogens is 6. The van der Waals surface area contributed by atoms with Gasteiger partial charge < -0.3 is 14.2 Å². The van der Waals surface area contributed by atoms with E-state index in [9.17, 15) is 0 Å². The van der Waals surface area contributed by atoms with Crippen molar-refractivity contribution in [2.24, 2.45) is 7.05 Å². The van der Waals surface area contributed by atoms with Gasteiger partial charge in [-0.15, -0.1) is 0 Å². The van der Waals surface area contributed by atoms with Gasteiger partial charge in [-0.25, -0.2) is 4.98 Å². The molecule has 0 radical (unpaired) electrons. The van der Waals surface area contributed by atoms with Crippen molar-refractivity contribution in [3.63, 3.8) is 0 Å². The second-order valence-electron chi connectivity index (χ2n) is 8.07.